The highest BCUT2D eigenvalue weighted by Crippen LogP contribution is 2.34. The van der Waals surface area contributed by atoms with E-state index in [2.05, 4.69) is 0 Å². The van der Waals surface area contributed by atoms with Crippen molar-refractivity contribution in [1.82, 2.24) is 0 Å². The van der Waals surface area contributed by atoms with Crippen LogP contribution in [0.15, 0.2) is 18.2 Å². The Morgan fingerprint density at radius 2 is 2.33 bits per heavy atom. The van der Waals surface area contributed by atoms with Crippen molar-refractivity contribution < 1.29 is 24.1 Å². The van der Waals surface area contributed by atoms with Crippen LogP contribution in [0.2, 0.25) is 0 Å². The summed E-state index contributed by atoms with van der Waals surface area (Å²) in [6, 6.07) is 5.01. The number of carboxylic acids is 1. The predicted molar refractivity (Wildman–Crippen MR) is 50.5 cm³/mol. The van der Waals surface area contributed by atoms with Gasteiger partial charge in [-0.15, -0.1) is 0 Å². The molecule has 0 radical (unpaired) electrons. The maximum absolute atomic E-state index is 10.7. The van der Waals surface area contributed by atoms with Crippen LogP contribution >= 0.6 is 0 Å². The Balaban J connectivity index is 2.27. The average molecular weight is 210 g/mol. The molecule has 5 nitrogen and oxygen atoms in total. The Morgan fingerprint density at radius 1 is 1.53 bits per heavy atom. The molecule has 0 saturated carbocycles. The van der Waals surface area contributed by atoms with Crippen LogP contribution in [0.25, 0.3) is 0 Å². The molecule has 2 rings (SSSR count). The van der Waals surface area contributed by atoms with E-state index in [0.717, 1.165) is 0 Å². The van der Waals surface area contributed by atoms with Gasteiger partial charge in [0.15, 0.2) is 11.5 Å². The van der Waals surface area contributed by atoms with Gasteiger partial charge in [-0.2, -0.15) is 0 Å². The molecule has 5 heteroatoms. The minimum absolute atomic E-state index is 0.0225. The smallest absolute Gasteiger partial charge is 0.348 e. The number of hydrogen-bond acceptors (Lipinski definition) is 4. The Hall–Kier alpha value is -1.91. The molecule has 0 bridgehead atoms. The van der Waals surface area contributed by atoms with E-state index in [1.165, 1.54) is 7.11 Å². The number of hydrogen-bond donors (Lipinski definition) is 1. The molecule has 1 atom stereocenters. The van der Waals surface area contributed by atoms with E-state index < -0.39 is 12.1 Å². The Bertz CT molecular complexity index is 387. The summed E-state index contributed by atoms with van der Waals surface area (Å²) in [6.07, 6.45) is -0.954. The molecular formula is C10H10O5. The highest BCUT2D eigenvalue weighted by Gasteiger charge is 2.27. The van der Waals surface area contributed by atoms with E-state index in [1.807, 2.05) is 0 Å². The van der Waals surface area contributed by atoms with Crippen LogP contribution in [0, 0.1) is 0 Å². The number of carbonyl (C=O) groups is 1. The van der Waals surface area contributed by atoms with Crippen molar-refractivity contribution >= 4 is 5.97 Å². The van der Waals surface area contributed by atoms with Crippen LogP contribution in [0.5, 0.6) is 17.2 Å². The Morgan fingerprint density at radius 3 is 3.00 bits per heavy atom. The van der Waals surface area contributed by atoms with Gasteiger partial charge in [0.2, 0.25) is 6.10 Å². The maximum atomic E-state index is 10.7. The third-order valence-electron chi connectivity index (χ3n) is 2.09. The van der Waals surface area contributed by atoms with Crippen molar-refractivity contribution in [2.24, 2.45) is 0 Å². The number of carboxylic acid groups (broad SMARTS) is 1. The largest absolute Gasteiger partial charge is 0.497 e. The van der Waals surface area contributed by atoms with Crippen LogP contribution < -0.4 is 14.2 Å². The van der Waals surface area contributed by atoms with Gasteiger partial charge in [-0.1, -0.05) is 0 Å². The zero-order chi connectivity index (χ0) is 10.8. The van der Waals surface area contributed by atoms with Gasteiger partial charge in [0.25, 0.3) is 0 Å². The molecule has 1 aliphatic rings. The van der Waals surface area contributed by atoms with E-state index in [1.54, 1.807) is 18.2 Å². The van der Waals surface area contributed by atoms with Crippen LogP contribution in [-0.4, -0.2) is 30.9 Å². The number of benzene rings is 1. The van der Waals surface area contributed by atoms with Crippen LogP contribution in [0.1, 0.15) is 0 Å². The number of ether oxygens (including phenoxy) is 3. The van der Waals surface area contributed by atoms with Gasteiger partial charge in [-0.3, -0.25) is 0 Å². The van der Waals surface area contributed by atoms with Crippen molar-refractivity contribution in [1.29, 1.82) is 0 Å². The summed E-state index contributed by atoms with van der Waals surface area (Å²) < 4.78 is 15.5. The van der Waals surface area contributed by atoms with Gasteiger partial charge in [0.05, 0.1) is 7.11 Å². The van der Waals surface area contributed by atoms with Crippen molar-refractivity contribution in [3.63, 3.8) is 0 Å². The minimum atomic E-state index is -1.04. The molecular weight excluding hydrogens is 200 g/mol. The summed E-state index contributed by atoms with van der Waals surface area (Å²) in [4.78, 5) is 10.7. The fourth-order valence-corrected chi connectivity index (χ4v) is 1.30. The number of aliphatic carboxylic acids is 1. The molecule has 1 aromatic rings. The SMILES string of the molecule is COc1ccc2c(c1)OC(C(=O)O)CO2. The van der Waals surface area contributed by atoms with Crippen molar-refractivity contribution in [2.45, 2.75) is 6.10 Å². The second-order valence-electron chi connectivity index (χ2n) is 3.07. The fraction of sp³-hybridized carbons (Fsp3) is 0.300. The van der Waals surface area contributed by atoms with Crippen molar-refractivity contribution in [3.8, 4) is 17.2 Å². The average Bonchev–Trinajstić information content (AvgIpc) is 2.27. The molecule has 1 unspecified atom stereocenters. The fourth-order valence-electron chi connectivity index (χ4n) is 1.30. The first-order chi connectivity index (χ1) is 7.20. The van der Waals surface area contributed by atoms with E-state index in [9.17, 15) is 4.79 Å². The summed E-state index contributed by atoms with van der Waals surface area (Å²) in [5.74, 6) is 0.494. The number of methoxy groups -OCH3 is 1. The van der Waals surface area contributed by atoms with E-state index in [-0.39, 0.29) is 6.61 Å². The topological polar surface area (TPSA) is 65.0 Å². The van der Waals surface area contributed by atoms with Crippen LogP contribution in [0.4, 0.5) is 0 Å². The Kier molecular flexibility index (Phi) is 2.37. The summed E-state index contributed by atoms with van der Waals surface area (Å²) in [7, 11) is 1.53. The van der Waals surface area contributed by atoms with Gasteiger partial charge in [-0.25, -0.2) is 4.79 Å². The zero-order valence-corrected chi connectivity index (χ0v) is 8.10. The lowest BCUT2D eigenvalue weighted by molar-refractivity contribution is -0.147. The highest BCUT2D eigenvalue weighted by atomic mass is 16.6. The normalized spacial score (nSPS) is 18.3. The molecule has 0 aromatic heterocycles. The second-order valence-corrected chi connectivity index (χ2v) is 3.07. The third-order valence-corrected chi connectivity index (χ3v) is 2.09. The molecule has 0 spiro atoms. The first-order valence-corrected chi connectivity index (χ1v) is 4.41. The molecule has 0 aliphatic carbocycles. The minimum Gasteiger partial charge on any atom is -0.497 e. The van der Waals surface area contributed by atoms with E-state index in [4.69, 9.17) is 19.3 Å². The monoisotopic (exact) mass is 210 g/mol. The summed E-state index contributed by atoms with van der Waals surface area (Å²) >= 11 is 0. The molecule has 1 heterocycles. The molecule has 1 N–H and O–H groups in total. The highest BCUT2D eigenvalue weighted by molar-refractivity contribution is 5.73. The van der Waals surface area contributed by atoms with E-state index >= 15 is 0 Å². The van der Waals surface area contributed by atoms with Crippen molar-refractivity contribution in [3.05, 3.63) is 18.2 Å². The molecule has 0 fully saturated rings. The van der Waals surface area contributed by atoms with Gasteiger partial charge in [0, 0.05) is 6.07 Å². The van der Waals surface area contributed by atoms with Gasteiger partial charge < -0.3 is 19.3 Å². The quantitative estimate of drug-likeness (QED) is 0.786. The van der Waals surface area contributed by atoms with Crippen molar-refractivity contribution in [2.75, 3.05) is 13.7 Å². The third kappa shape index (κ3) is 1.81. The predicted octanol–water partition coefficient (Wildman–Crippen LogP) is 0.920. The lowest BCUT2D eigenvalue weighted by atomic mass is 10.2. The number of rotatable bonds is 2. The van der Waals surface area contributed by atoms with E-state index in [0.29, 0.717) is 17.2 Å². The molecule has 0 amide bonds. The molecule has 1 aliphatic heterocycles. The molecule has 15 heavy (non-hydrogen) atoms. The van der Waals surface area contributed by atoms with Crippen LogP contribution in [-0.2, 0) is 4.79 Å². The first kappa shape index (κ1) is 9.64. The number of fused-ring (bicyclic) bond motifs is 1. The first-order valence-electron chi connectivity index (χ1n) is 4.41. The Labute approximate surface area is 86.2 Å². The summed E-state index contributed by atoms with van der Waals surface area (Å²) in [6.45, 7) is 0.0225. The van der Waals surface area contributed by atoms with Crippen LogP contribution in [0.3, 0.4) is 0 Å². The zero-order valence-electron chi connectivity index (χ0n) is 8.10. The molecule has 0 saturated heterocycles. The standard InChI is InChI=1S/C10H10O5/c1-13-6-2-3-7-8(4-6)15-9(5-14-7)10(11)12/h2-4,9H,5H2,1H3,(H,11,12). The van der Waals surface area contributed by atoms with Gasteiger partial charge in [0.1, 0.15) is 12.4 Å². The van der Waals surface area contributed by atoms with Gasteiger partial charge in [-0.05, 0) is 12.1 Å². The maximum Gasteiger partial charge on any atom is 0.348 e. The molecule has 1 aromatic carbocycles. The second kappa shape index (κ2) is 3.68. The lowest BCUT2D eigenvalue weighted by Crippen LogP contribution is -2.36. The molecule has 80 valence electrons. The summed E-state index contributed by atoms with van der Waals surface area (Å²) in [5, 5.41) is 8.75. The van der Waals surface area contributed by atoms with Gasteiger partial charge >= 0.3 is 5.97 Å². The summed E-state index contributed by atoms with van der Waals surface area (Å²) in [5.41, 5.74) is 0. The lowest BCUT2D eigenvalue weighted by Gasteiger charge is -2.23.